The zero-order valence-corrected chi connectivity index (χ0v) is 8.36. The monoisotopic (exact) mass is 229 g/mol. The minimum atomic E-state index is -0.517. The molecule has 0 saturated heterocycles. The van der Waals surface area contributed by atoms with Crippen molar-refractivity contribution in [3.8, 4) is 0 Å². The van der Waals surface area contributed by atoms with Crippen LogP contribution in [0.25, 0.3) is 0 Å². The van der Waals surface area contributed by atoms with Gasteiger partial charge in [-0.3, -0.25) is 10.1 Å². The zero-order chi connectivity index (χ0) is 9.97. The third-order valence-corrected chi connectivity index (χ3v) is 2.90. The minimum Gasteiger partial charge on any atom is -0.296 e. The number of rotatable bonds is 2. The van der Waals surface area contributed by atoms with Crippen molar-refractivity contribution in [3.63, 3.8) is 0 Å². The maximum absolute atomic E-state index is 12.9. The van der Waals surface area contributed by atoms with Crippen LogP contribution in [-0.2, 0) is 0 Å². The fourth-order valence-corrected chi connectivity index (χ4v) is 1.94. The van der Waals surface area contributed by atoms with E-state index in [9.17, 15) is 9.18 Å². The average Bonchev–Trinajstić information content (AvgIpc) is 2.75. The first kappa shape index (κ1) is 9.22. The number of hydrogen-bond acceptors (Lipinski definition) is 5. The molecule has 0 spiro atoms. The molecule has 0 aliphatic rings. The second-order valence-corrected chi connectivity index (χ2v) is 4.05. The van der Waals surface area contributed by atoms with Gasteiger partial charge in [-0.25, -0.2) is 4.39 Å². The van der Waals surface area contributed by atoms with Crippen LogP contribution < -0.4 is 5.32 Å². The van der Waals surface area contributed by atoms with E-state index in [1.54, 1.807) is 0 Å². The Labute approximate surface area is 86.4 Å². The fourth-order valence-electron chi connectivity index (χ4n) is 0.837. The Balaban J connectivity index is 2.14. The number of thiophene rings is 1. The van der Waals surface area contributed by atoms with Crippen LogP contribution in [0.2, 0.25) is 0 Å². The highest BCUT2D eigenvalue weighted by Crippen LogP contribution is 2.17. The maximum atomic E-state index is 12.9. The number of carbonyl (C=O) groups excluding carboxylic acids is 1. The van der Waals surface area contributed by atoms with Crippen molar-refractivity contribution >= 4 is 33.7 Å². The van der Waals surface area contributed by atoms with Gasteiger partial charge in [-0.05, 0) is 11.4 Å². The molecule has 2 aromatic heterocycles. The van der Waals surface area contributed by atoms with Gasteiger partial charge < -0.3 is 0 Å². The zero-order valence-electron chi connectivity index (χ0n) is 6.73. The molecule has 0 bridgehead atoms. The van der Waals surface area contributed by atoms with Gasteiger partial charge >= 0.3 is 0 Å². The standard InChI is InChI=1S/C7H4FN3OS2/c8-4-1-2-13-5(4)6(12)10-7-11-9-3-14-7/h1-3H,(H,10,11,12). The lowest BCUT2D eigenvalue weighted by molar-refractivity contribution is 0.102. The van der Waals surface area contributed by atoms with Gasteiger partial charge in [-0.1, -0.05) is 11.3 Å². The number of carbonyl (C=O) groups is 1. The lowest BCUT2D eigenvalue weighted by Gasteiger charge is -1.96. The van der Waals surface area contributed by atoms with Crippen molar-refractivity contribution < 1.29 is 9.18 Å². The summed E-state index contributed by atoms with van der Waals surface area (Å²) < 4.78 is 12.9. The molecule has 0 aromatic carbocycles. The second-order valence-electron chi connectivity index (χ2n) is 2.30. The lowest BCUT2D eigenvalue weighted by atomic mass is 10.4. The van der Waals surface area contributed by atoms with Crippen LogP contribution in [0.5, 0.6) is 0 Å². The van der Waals surface area contributed by atoms with Gasteiger partial charge in [0.1, 0.15) is 16.2 Å². The number of nitrogens with one attached hydrogen (secondary N) is 1. The molecule has 0 unspecified atom stereocenters. The van der Waals surface area contributed by atoms with E-state index in [1.165, 1.54) is 28.3 Å². The Kier molecular flexibility index (Phi) is 2.51. The summed E-state index contributed by atoms with van der Waals surface area (Å²) in [6, 6.07) is 1.25. The fraction of sp³-hybridized carbons (Fsp3) is 0. The number of halogens is 1. The maximum Gasteiger partial charge on any atom is 0.270 e. The van der Waals surface area contributed by atoms with Crippen molar-refractivity contribution in [3.05, 3.63) is 27.7 Å². The van der Waals surface area contributed by atoms with Crippen LogP contribution in [0.1, 0.15) is 9.67 Å². The van der Waals surface area contributed by atoms with Crippen LogP contribution in [0.4, 0.5) is 9.52 Å². The molecule has 0 saturated carbocycles. The van der Waals surface area contributed by atoms with Crippen molar-refractivity contribution in [2.24, 2.45) is 0 Å². The predicted molar refractivity (Wildman–Crippen MR) is 52.1 cm³/mol. The van der Waals surface area contributed by atoms with E-state index in [0.29, 0.717) is 5.13 Å². The van der Waals surface area contributed by atoms with Crippen LogP contribution in [-0.4, -0.2) is 16.1 Å². The summed E-state index contributed by atoms with van der Waals surface area (Å²) in [5.74, 6) is -1.01. The molecular weight excluding hydrogens is 225 g/mol. The summed E-state index contributed by atoms with van der Waals surface area (Å²) in [5.41, 5.74) is 1.49. The smallest absolute Gasteiger partial charge is 0.270 e. The van der Waals surface area contributed by atoms with E-state index in [4.69, 9.17) is 0 Å². The first-order chi connectivity index (χ1) is 6.77. The highest BCUT2D eigenvalue weighted by Gasteiger charge is 2.14. The SMILES string of the molecule is O=C(Nc1nncs1)c1sccc1F. The van der Waals surface area contributed by atoms with Crippen LogP contribution in [0.15, 0.2) is 17.0 Å². The van der Waals surface area contributed by atoms with Crippen molar-refractivity contribution in [2.45, 2.75) is 0 Å². The summed E-state index contributed by atoms with van der Waals surface area (Å²) >= 11 is 2.23. The largest absolute Gasteiger partial charge is 0.296 e. The number of anilines is 1. The van der Waals surface area contributed by atoms with Gasteiger partial charge in [-0.2, -0.15) is 0 Å². The molecule has 0 atom stereocenters. The van der Waals surface area contributed by atoms with Gasteiger partial charge in [0.25, 0.3) is 5.91 Å². The molecule has 0 radical (unpaired) electrons. The predicted octanol–water partition coefficient (Wildman–Crippen LogP) is 1.99. The molecule has 0 fully saturated rings. The third-order valence-electron chi connectivity index (χ3n) is 1.40. The molecule has 2 rings (SSSR count). The summed E-state index contributed by atoms with van der Waals surface area (Å²) in [4.78, 5) is 11.4. The number of amides is 1. The first-order valence-corrected chi connectivity index (χ1v) is 5.34. The molecule has 1 amide bonds. The van der Waals surface area contributed by atoms with Gasteiger partial charge in [0.05, 0.1) is 0 Å². The molecule has 72 valence electrons. The van der Waals surface area contributed by atoms with E-state index >= 15 is 0 Å². The minimum absolute atomic E-state index is 0.0557. The molecule has 2 heterocycles. The highest BCUT2D eigenvalue weighted by molar-refractivity contribution is 7.14. The molecular formula is C7H4FN3OS2. The Morgan fingerprint density at radius 2 is 2.36 bits per heavy atom. The molecule has 0 aliphatic carbocycles. The van der Waals surface area contributed by atoms with Crippen molar-refractivity contribution in [1.29, 1.82) is 0 Å². The van der Waals surface area contributed by atoms with Crippen LogP contribution in [0, 0.1) is 5.82 Å². The van der Waals surface area contributed by atoms with Gasteiger partial charge in [0.15, 0.2) is 0 Å². The van der Waals surface area contributed by atoms with Gasteiger partial charge in [0, 0.05) is 0 Å². The molecule has 7 heteroatoms. The molecule has 1 N–H and O–H groups in total. The first-order valence-electron chi connectivity index (χ1n) is 3.58. The molecule has 0 aliphatic heterocycles. The Bertz CT molecular complexity index is 439. The normalized spacial score (nSPS) is 10.1. The molecule has 4 nitrogen and oxygen atoms in total. The highest BCUT2D eigenvalue weighted by atomic mass is 32.1. The van der Waals surface area contributed by atoms with Crippen molar-refractivity contribution in [2.75, 3.05) is 5.32 Å². The lowest BCUT2D eigenvalue weighted by Crippen LogP contribution is -2.11. The second kappa shape index (κ2) is 3.81. The number of nitrogens with zero attached hydrogens (tertiary/aromatic N) is 2. The topological polar surface area (TPSA) is 54.9 Å². The summed E-state index contributed by atoms with van der Waals surface area (Å²) in [6.07, 6.45) is 0. The van der Waals surface area contributed by atoms with Gasteiger partial charge in [-0.15, -0.1) is 21.5 Å². The van der Waals surface area contributed by atoms with E-state index in [0.717, 1.165) is 11.3 Å². The Morgan fingerprint density at radius 3 is 2.93 bits per heavy atom. The third kappa shape index (κ3) is 1.78. The molecule has 2 aromatic rings. The number of aromatic nitrogens is 2. The quantitative estimate of drug-likeness (QED) is 0.856. The van der Waals surface area contributed by atoms with Crippen molar-refractivity contribution in [1.82, 2.24) is 10.2 Å². The van der Waals surface area contributed by atoms with Crippen LogP contribution >= 0.6 is 22.7 Å². The van der Waals surface area contributed by atoms with E-state index < -0.39 is 11.7 Å². The summed E-state index contributed by atoms with van der Waals surface area (Å²) in [5, 5.41) is 11.5. The number of hydrogen-bond donors (Lipinski definition) is 1. The van der Waals surface area contributed by atoms with Crippen LogP contribution in [0.3, 0.4) is 0 Å². The van der Waals surface area contributed by atoms with E-state index in [-0.39, 0.29) is 4.88 Å². The average molecular weight is 229 g/mol. The Hall–Kier alpha value is -1.34. The summed E-state index contributed by atoms with van der Waals surface area (Å²) in [6.45, 7) is 0. The Morgan fingerprint density at radius 1 is 1.50 bits per heavy atom. The van der Waals surface area contributed by atoms with E-state index in [1.807, 2.05) is 0 Å². The summed E-state index contributed by atoms with van der Waals surface area (Å²) in [7, 11) is 0. The van der Waals surface area contributed by atoms with E-state index in [2.05, 4.69) is 15.5 Å². The molecule has 14 heavy (non-hydrogen) atoms. The van der Waals surface area contributed by atoms with Gasteiger partial charge in [0.2, 0.25) is 5.13 Å².